The van der Waals surface area contributed by atoms with Crippen LogP contribution in [-0.2, 0) is 4.74 Å². The van der Waals surface area contributed by atoms with E-state index in [0.717, 1.165) is 56.5 Å². The third-order valence-corrected chi connectivity index (χ3v) is 3.53. The number of rotatable bonds is 5. The van der Waals surface area contributed by atoms with Crippen LogP contribution in [0.3, 0.4) is 0 Å². The average Bonchev–Trinajstić information content (AvgIpc) is 2.45. The Morgan fingerprint density at radius 3 is 2.53 bits per heavy atom. The van der Waals surface area contributed by atoms with Gasteiger partial charge >= 0.3 is 0 Å². The summed E-state index contributed by atoms with van der Waals surface area (Å²) < 4.78 is 10.5. The normalized spacial score (nSPS) is 16.6. The van der Waals surface area contributed by atoms with E-state index < -0.39 is 0 Å². The van der Waals surface area contributed by atoms with Gasteiger partial charge in [0.2, 0.25) is 0 Å². The van der Waals surface area contributed by atoms with Crippen LogP contribution in [0.15, 0.2) is 18.2 Å². The number of hydrogen-bond donors (Lipinski definition) is 1. The van der Waals surface area contributed by atoms with E-state index in [9.17, 15) is 0 Å². The van der Waals surface area contributed by atoms with E-state index >= 15 is 0 Å². The highest BCUT2D eigenvalue weighted by Gasteiger charge is 2.19. The van der Waals surface area contributed by atoms with Gasteiger partial charge in [-0.05, 0) is 12.1 Å². The quantitative estimate of drug-likeness (QED) is 0.806. The van der Waals surface area contributed by atoms with Gasteiger partial charge in [0.05, 0.1) is 19.4 Å². The van der Waals surface area contributed by atoms with Crippen molar-refractivity contribution >= 4 is 11.4 Å². The molecule has 0 amide bonds. The van der Waals surface area contributed by atoms with Crippen LogP contribution in [0.4, 0.5) is 11.4 Å². The number of ether oxygens (including phenoxy) is 2. The second-order valence-corrected chi connectivity index (χ2v) is 4.75. The van der Waals surface area contributed by atoms with Crippen LogP contribution >= 0.6 is 0 Å². The molecule has 1 aliphatic rings. The lowest BCUT2D eigenvalue weighted by molar-refractivity contribution is 0.144. The largest absolute Gasteiger partial charge is 0.495 e. The lowest BCUT2D eigenvalue weighted by Crippen LogP contribution is -2.47. The molecule has 1 heterocycles. The first-order chi connectivity index (χ1) is 9.24. The van der Waals surface area contributed by atoms with E-state index in [0.29, 0.717) is 0 Å². The molecule has 0 spiro atoms. The molecule has 0 atom stereocenters. The molecule has 0 aromatic heterocycles. The zero-order chi connectivity index (χ0) is 13.7. The topological polar surface area (TPSA) is 51.0 Å². The van der Waals surface area contributed by atoms with E-state index in [4.69, 9.17) is 15.2 Å². The molecule has 2 N–H and O–H groups in total. The standard InChI is InChI=1S/C14H23N3O2/c1-18-10-9-16-5-7-17(8-6-16)13-4-3-12(15)11-14(13)19-2/h3-4,11H,5-10,15H2,1-2H3. The summed E-state index contributed by atoms with van der Waals surface area (Å²) >= 11 is 0. The summed E-state index contributed by atoms with van der Waals surface area (Å²) in [5.74, 6) is 0.852. The molecular weight excluding hydrogens is 242 g/mol. The summed E-state index contributed by atoms with van der Waals surface area (Å²) in [4.78, 5) is 4.77. The van der Waals surface area contributed by atoms with Crippen LogP contribution < -0.4 is 15.4 Å². The van der Waals surface area contributed by atoms with Crippen LogP contribution in [0.2, 0.25) is 0 Å². The fraction of sp³-hybridized carbons (Fsp3) is 0.571. The maximum atomic E-state index is 5.79. The molecular formula is C14H23N3O2. The number of piperazine rings is 1. The Labute approximate surface area is 114 Å². The van der Waals surface area contributed by atoms with Gasteiger partial charge in [0.15, 0.2) is 0 Å². The number of methoxy groups -OCH3 is 2. The van der Waals surface area contributed by atoms with E-state index in [1.807, 2.05) is 18.2 Å². The van der Waals surface area contributed by atoms with Crippen molar-refractivity contribution in [2.24, 2.45) is 0 Å². The van der Waals surface area contributed by atoms with Gasteiger partial charge in [-0.25, -0.2) is 0 Å². The molecule has 5 heteroatoms. The molecule has 1 aromatic carbocycles. The fourth-order valence-electron chi connectivity index (χ4n) is 2.39. The van der Waals surface area contributed by atoms with Gasteiger partial charge in [-0.2, -0.15) is 0 Å². The number of benzene rings is 1. The monoisotopic (exact) mass is 265 g/mol. The van der Waals surface area contributed by atoms with Gasteiger partial charge < -0.3 is 20.1 Å². The second-order valence-electron chi connectivity index (χ2n) is 4.75. The van der Waals surface area contributed by atoms with Crippen molar-refractivity contribution < 1.29 is 9.47 Å². The number of anilines is 2. The zero-order valence-corrected chi connectivity index (χ0v) is 11.8. The van der Waals surface area contributed by atoms with Crippen LogP contribution in [0.1, 0.15) is 0 Å². The van der Waals surface area contributed by atoms with Crippen molar-refractivity contribution in [3.05, 3.63) is 18.2 Å². The van der Waals surface area contributed by atoms with Crippen molar-refractivity contribution in [1.82, 2.24) is 4.90 Å². The molecule has 106 valence electrons. The molecule has 1 saturated heterocycles. The molecule has 1 aliphatic heterocycles. The third-order valence-electron chi connectivity index (χ3n) is 3.53. The molecule has 0 bridgehead atoms. The highest BCUT2D eigenvalue weighted by atomic mass is 16.5. The number of nitrogens with zero attached hydrogens (tertiary/aromatic N) is 2. The van der Waals surface area contributed by atoms with Gasteiger partial charge in [0.1, 0.15) is 5.75 Å². The predicted octanol–water partition coefficient (Wildman–Crippen LogP) is 1.05. The minimum atomic E-state index is 0.735. The smallest absolute Gasteiger partial charge is 0.144 e. The molecule has 0 unspecified atom stereocenters. The van der Waals surface area contributed by atoms with Gasteiger partial charge in [-0.1, -0.05) is 0 Å². The van der Waals surface area contributed by atoms with Crippen LogP contribution in [0.25, 0.3) is 0 Å². The molecule has 2 rings (SSSR count). The van der Waals surface area contributed by atoms with Crippen molar-refractivity contribution in [2.45, 2.75) is 0 Å². The Morgan fingerprint density at radius 2 is 1.89 bits per heavy atom. The Balaban J connectivity index is 1.97. The Bertz CT molecular complexity index is 404. The van der Waals surface area contributed by atoms with E-state index in [2.05, 4.69) is 9.80 Å². The highest BCUT2D eigenvalue weighted by Crippen LogP contribution is 2.30. The van der Waals surface area contributed by atoms with E-state index in [-0.39, 0.29) is 0 Å². The Hall–Kier alpha value is -1.46. The Morgan fingerprint density at radius 1 is 1.16 bits per heavy atom. The predicted molar refractivity (Wildman–Crippen MR) is 77.9 cm³/mol. The average molecular weight is 265 g/mol. The van der Waals surface area contributed by atoms with E-state index in [1.54, 1.807) is 14.2 Å². The molecule has 19 heavy (non-hydrogen) atoms. The summed E-state index contributed by atoms with van der Waals surface area (Å²) in [6.45, 7) is 5.91. The molecule has 1 aromatic rings. The summed E-state index contributed by atoms with van der Waals surface area (Å²) in [5.41, 5.74) is 7.65. The van der Waals surface area contributed by atoms with E-state index in [1.165, 1.54) is 0 Å². The van der Waals surface area contributed by atoms with Gasteiger partial charge in [-0.3, -0.25) is 4.90 Å². The first-order valence-corrected chi connectivity index (χ1v) is 6.64. The summed E-state index contributed by atoms with van der Waals surface area (Å²) in [6.07, 6.45) is 0. The molecule has 0 aliphatic carbocycles. The first-order valence-electron chi connectivity index (χ1n) is 6.64. The molecule has 0 radical (unpaired) electrons. The lowest BCUT2D eigenvalue weighted by atomic mass is 10.2. The lowest BCUT2D eigenvalue weighted by Gasteiger charge is -2.36. The summed E-state index contributed by atoms with van der Waals surface area (Å²) in [7, 11) is 3.43. The summed E-state index contributed by atoms with van der Waals surface area (Å²) in [6, 6.07) is 5.85. The molecule has 0 saturated carbocycles. The zero-order valence-electron chi connectivity index (χ0n) is 11.8. The van der Waals surface area contributed by atoms with Gasteiger partial charge in [-0.15, -0.1) is 0 Å². The number of nitrogen functional groups attached to an aromatic ring is 1. The fourth-order valence-corrected chi connectivity index (χ4v) is 2.39. The number of nitrogens with two attached hydrogens (primary N) is 1. The molecule has 5 nitrogen and oxygen atoms in total. The van der Waals surface area contributed by atoms with Crippen molar-refractivity contribution in [3.8, 4) is 5.75 Å². The van der Waals surface area contributed by atoms with Gasteiger partial charge in [0.25, 0.3) is 0 Å². The highest BCUT2D eigenvalue weighted by molar-refractivity contribution is 5.64. The first kappa shape index (κ1) is 14.0. The number of hydrogen-bond acceptors (Lipinski definition) is 5. The Kier molecular flexibility index (Phi) is 4.87. The van der Waals surface area contributed by atoms with Gasteiger partial charge in [0, 0.05) is 51.6 Å². The van der Waals surface area contributed by atoms with Crippen molar-refractivity contribution in [3.63, 3.8) is 0 Å². The van der Waals surface area contributed by atoms with Crippen molar-refractivity contribution in [1.29, 1.82) is 0 Å². The second kappa shape index (κ2) is 6.63. The summed E-state index contributed by atoms with van der Waals surface area (Å²) in [5, 5.41) is 0. The van der Waals surface area contributed by atoms with Crippen LogP contribution in [0, 0.1) is 0 Å². The van der Waals surface area contributed by atoms with Crippen LogP contribution in [-0.4, -0.2) is 58.5 Å². The minimum absolute atomic E-state index is 0.735. The van der Waals surface area contributed by atoms with Crippen LogP contribution in [0.5, 0.6) is 5.75 Å². The SMILES string of the molecule is COCCN1CCN(c2ccc(N)cc2OC)CC1. The molecule has 1 fully saturated rings. The third kappa shape index (κ3) is 3.52. The maximum absolute atomic E-state index is 5.79. The maximum Gasteiger partial charge on any atom is 0.144 e. The minimum Gasteiger partial charge on any atom is -0.495 e. The van der Waals surface area contributed by atoms with Crippen molar-refractivity contribution in [2.75, 3.05) is 64.2 Å².